The van der Waals surface area contributed by atoms with Gasteiger partial charge in [-0.05, 0) is 35.2 Å². The number of carbonyl (C=O) groups excluding carboxylic acids is 3. The monoisotopic (exact) mass is 378 g/mol. The number of rotatable bonds is 4. The molecule has 1 aliphatic rings. The Bertz CT molecular complexity index is 1030. The van der Waals surface area contributed by atoms with Gasteiger partial charge in [0.1, 0.15) is 6.54 Å². The van der Waals surface area contributed by atoms with Crippen molar-refractivity contribution in [2.45, 2.75) is 6.54 Å². The van der Waals surface area contributed by atoms with E-state index < -0.39 is 17.7 Å². The molecule has 0 saturated carbocycles. The molecule has 3 aromatic rings. The van der Waals surface area contributed by atoms with Gasteiger partial charge in [0.15, 0.2) is 0 Å². The van der Waals surface area contributed by atoms with Gasteiger partial charge in [-0.3, -0.25) is 19.3 Å². The normalized spacial score (nSPS) is 13.1. The maximum atomic E-state index is 12.8. The van der Waals surface area contributed by atoms with Gasteiger partial charge in [0, 0.05) is 28.1 Å². The van der Waals surface area contributed by atoms with Gasteiger partial charge in [-0.1, -0.05) is 48.0 Å². The molecule has 0 atom stereocenters. The van der Waals surface area contributed by atoms with Gasteiger partial charge in [0.2, 0.25) is 5.91 Å². The molecule has 0 unspecified atom stereocenters. The zero-order valence-corrected chi connectivity index (χ0v) is 15.0. The van der Waals surface area contributed by atoms with E-state index in [9.17, 15) is 14.4 Å². The topological polar surface area (TPSA) is 66.5 Å². The van der Waals surface area contributed by atoms with E-state index in [1.54, 1.807) is 48.5 Å². The van der Waals surface area contributed by atoms with Gasteiger partial charge < -0.3 is 5.32 Å². The van der Waals surface area contributed by atoms with Crippen LogP contribution in [0.15, 0.2) is 60.7 Å². The number of carbonyl (C=O) groups is 3. The van der Waals surface area contributed by atoms with E-state index in [4.69, 9.17) is 11.6 Å². The van der Waals surface area contributed by atoms with E-state index in [-0.39, 0.29) is 6.54 Å². The van der Waals surface area contributed by atoms with Crippen molar-refractivity contribution < 1.29 is 14.4 Å². The molecule has 0 aromatic heterocycles. The Kier molecular flexibility index (Phi) is 4.38. The van der Waals surface area contributed by atoms with E-state index in [0.29, 0.717) is 28.1 Å². The summed E-state index contributed by atoms with van der Waals surface area (Å²) < 4.78 is 0. The maximum Gasteiger partial charge on any atom is 0.261 e. The summed E-state index contributed by atoms with van der Waals surface area (Å²) in [6.07, 6.45) is 0. The molecule has 27 heavy (non-hydrogen) atoms. The van der Waals surface area contributed by atoms with Crippen molar-refractivity contribution in [2.75, 3.05) is 6.54 Å². The second-order valence-corrected chi connectivity index (χ2v) is 6.75. The fourth-order valence-electron chi connectivity index (χ4n) is 3.23. The van der Waals surface area contributed by atoms with Crippen LogP contribution in [0.1, 0.15) is 26.3 Å². The van der Waals surface area contributed by atoms with Crippen LogP contribution in [0.4, 0.5) is 0 Å². The standard InChI is InChI=1S/C21H15ClN2O3/c22-15-9-7-13(8-10-15)11-23-18(25)12-24-20(26)16-5-1-3-14-4-2-6-17(19(14)16)21(24)27/h1-10H,11-12H2,(H,23,25). The number of hydrogen-bond donors (Lipinski definition) is 1. The molecule has 5 nitrogen and oxygen atoms in total. The highest BCUT2D eigenvalue weighted by Crippen LogP contribution is 2.29. The third kappa shape index (κ3) is 3.17. The van der Waals surface area contributed by atoms with E-state index in [2.05, 4.69) is 5.32 Å². The number of hydrogen-bond acceptors (Lipinski definition) is 3. The lowest BCUT2D eigenvalue weighted by Crippen LogP contribution is -2.46. The van der Waals surface area contributed by atoms with E-state index in [0.717, 1.165) is 15.8 Å². The second-order valence-electron chi connectivity index (χ2n) is 6.31. The summed E-state index contributed by atoms with van der Waals surface area (Å²) in [6.45, 7) is -0.0334. The number of nitrogens with one attached hydrogen (secondary N) is 1. The van der Waals surface area contributed by atoms with Crippen LogP contribution in [0.3, 0.4) is 0 Å². The Morgan fingerprint density at radius 3 is 2.07 bits per heavy atom. The summed E-state index contributed by atoms with van der Waals surface area (Å²) in [5.41, 5.74) is 1.75. The lowest BCUT2D eigenvalue weighted by atomic mass is 9.94. The van der Waals surface area contributed by atoms with Crippen LogP contribution in [0.25, 0.3) is 10.8 Å². The molecule has 0 fully saturated rings. The van der Waals surface area contributed by atoms with Crippen molar-refractivity contribution in [1.82, 2.24) is 10.2 Å². The van der Waals surface area contributed by atoms with Gasteiger partial charge in [-0.15, -0.1) is 0 Å². The quantitative estimate of drug-likeness (QED) is 0.707. The van der Waals surface area contributed by atoms with Crippen LogP contribution in [0.5, 0.6) is 0 Å². The fourth-order valence-corrected chi connectivity index (χ4v) is 3.35. The van der Waals surface area contributed by atoms with Crippen LogP contribution in [0, 0.1) is 0 Å². The third-order valence-corrected chi connectivity index (χ3v) is 4.81. The van der Waals surface area contributed by atoms with Crippen LogP contribution < -0.4 is 5.32 Å². The van der Waals surface area contributed by atoms with Crippen molar-refractivity contribution in [3.63, 3.8) is 0 Å². The van der Waals surface area contributed by atoms with Crippen molar-refractivity contribution in [2.24, 2.45) is 0 Å². The largest absolute Gasteiger partial charge is 0.350 e. The average Bonchev–Trinajstić information content (AvgIpc) is 2.69. The first-order valence-electron chi connectivity index (χ1n) is 8.43. The van der Waals surface area contributed by atoms with Crippen molar-refractivity contribution in [1.29, 1.82) is 0 Å². The smallest absolute Gasteiger partial charge is 0.261 e. The van der Waals surface area contributed by atoms with E-state index >= 15 is 0 Å². The van der Waals surface area contributed by atoms with Crippen molar-refractivity contribution in [3.05, 3.63) is 82.4 Å². The zero-order valence-electron chi connectivity index (χ0n) is 14.2. The Balaban J connectivity index is 1.53. The molecular formula is C21H15ClN2O3. The summed E-state index contributed by atoms with van der Waals surface area (Å²) in [4.78, 5) is 38.9. The molecule has 0 bridgehead atoms. The fraction of sp³-hybridized carbons (Fsp3) is 0.0952. The Labute approximate surface area is 160 Å². The minimum absolute atomic E-state index is 0.290. The molecule has 134 valence electrons. The molecular weight excluding hydrogens is 364 g/mol. The Morgan fingerprint density at radius 1 is 0.889 bits per heavy atom. The van der Waals surface area contributed by atoms with Gasteiger partial charge >= 0.3 is 0 Å². The summed E-state index contributed by atoms with van der Waals surface area (Å²) in [6, 6.07) is 17.7. The Morgan fingerprint density at radius 2 is 1.48 bits per heavy atom. The molecule has 0 saturated heterocycles. The number of nitrogens with zero attached hydrogens (tertiary/aromatic N) is 1. The van der Waals surface area contributed by atoms with Gasteiger partial charge in [0.05, 0.1) is 0 Å². The number of amides is 3. The van der Waals surface area contributed by atoms with Crippen molar-refractivity contribution in [3.8, 4) is 0 Å². The average molecular weight is 379 g/mol. The second kappa shape index (κ2) is 6.85. The molecule has 0 spiro atoms. The minimum atomic E-state index is -0.453. The van der Waals surface area contributed by atoms with Crippen LogP contribution in [-0.4, -0.2) is 29.2 Å². The molecule has 0 radical (unpaired) electrons. The first-order valence-corrected chi connectivity index (χ1v) is 8.81. The molecule has 3 aromatic carbocycles. The van der Waals surface area contributed by atoms with E-state index in [1.807, 2.05) is 12.1 Å². The van der Waals surface area contributed by atoms with Crippen LogP contribution in [-0.2, 0) is 11.3 Å². The molecule has 1 N–H and O–H groups in total. The summed E-state index contributed by atoms with van der Waals surface area (Å²) in [7, 11) is 0. The summed E-state index contributed by atoms with van der Waals surface area (Å²) in [5, 5.41) is 4.82. The number of imide groups is 1. The number of benzene rings is 3. The molecule has 1 aliphatic heterocycles. The summed E-state index contributed by atoms with van der Waals surface area (Å²) >= 11 is 5.84. The first kappa shape index (κ1) is 17.2. The lowest BCUT2D eigenvalue weighted by molar-refractivity contribution is -0.121. The Hall–Kier alpha value is -3.18. The lowest BCUT2D eigenvalue weighted by Gasteiger charge is -2.26. The summed E-state index contributed by atoms with van der Waals surface area (Å²) in [5.74, 6) is -1.31. The molecule has 0 aliphatic carbocycles. The molecule has 4 rings (SSSR count). The van der Waals surface area contributed by atoms with E-state index in [1.165, 1.54) is 0 Å². The predicted octanol–water partition coefficient (Wildman–Crippen LogP) is 3.41. The van der Waals surface area contributed by atoms with Gasteiger partial charge in [-0.2, -0.15) is 0 Å². The molecule has 3 amide bonds. The van der Waals surface area contributed by atoms with Gasteiger partial charge in [0.25, 0.3) is 11.8 Å². The third-order valence-electron chi connectivity index (χ3n) is 4.56. The highest BCUT2D eigenvalue weighted by molar-refractivity contribution is 6.30. The minimum Gasteiger partial charge on any atom is -0.350 e. The maximum absolute atomic E-state index is 12.8. The highest BCUT2D eigenvalue weighted by Gasteiger charge is 2.33. The highest BCUT2D eigenvalue weighted by atomic mass is 35.5. The van der Waals surface area contributed by atoms with Crippen LogP contribution >= 0.6 is 11.6 Å². The number of halogens is 1. The SMILES string of the molecule is O=C(CN1C(=O)c2cccc3cccc(c23)C1=O)NCc1ccc(Cl)cc1. The first-order chi connectivity index (χ1) is 13.0. The molecule has 6 heteroatoms. The van der Waals surface area contributed by atoms with Crippen LogP contribution in [0.2, 0.25) is 5.02 Å². The molecule has 1 heterocycles. The predicted molar refractivity (Wildman–Crippen MR) is 103 cm³/mol. The van der Waals surface area contributed by atoms with Crippen molar-refractivity contribution >= 4 is 40.1 Å². The zero-order chi connectivity index (χ0) is 19.0. The van der Waals surface area contributed by atoms with Gasteiger partial charge in [-0.25, -0.2) is 0 Å².